The molecule has 3 aromatic rings. The van der Waals surface area contributed by atoms with E-state index in [1.807, 2.05) is 6.92 Å². The molecule has 0 N–H and O–H groups in total. The van der Waals surface area contributed by atoms with Gasteiger partial charge in [0.25, 0.3) is 0 Å². The Balaban J connectivity index is 1.89. The van der Waals surface area contributed by atoms with Crippen LogP contribution in [0.15, 0.2) is 22.8 Å². The Morgan fingerprint density at radius 1 is 1.04 bits per heavy atom. The largest absolute Gasteiger partial charge is 0.356 e. The third kappa shape index (κ3) is 3.18. The van der Waals surface area contributed by atoms with Gasteiger partial charge in [-0.15, -0.1) is 0 Å². The number of hydrogen-bond donors (Lipinski definition) is 0. The molecule has 5 nitrogen and oxygen atoms in total. The summed E-state index contributed by atoms with van der Waals surface area (Å²) in [5, 5.41) is 10.3. The molecule has 0 atom stereocenters. The molecule has 0 saturated carbocycles. The summed E-state index contributed by atoms with van der Waals surface area (Å²) >= 11 is 3.60. The van der Waals surface area contributed by atoms with E-state index in [1.54, 1.807) is 0 Å². The average molecular weight is 438 g/mol. The van der Waals surface area contributed by atoms with Gasteiger partial charge in [0.05, 0.1) is 17.1 Å². The molecule has 3 heterocycles. The maximum absolute atomic E-state index is 9.21. The smallest absolute Gasteiger partial charge is 0.150 e. The predicted octanol–water partition coefficient (Wildman–Crippen LogP) is 5.16. The molecule has 0 aliphatic carbocycles. The van der Waals surface area contributed by atoms with Gasteiger partial charge in [-0.3, -0.25) is 0 Å². The summed E-state index contributed by atoms with van der Waals surface area (Å²) < 4.78 is 3.30. The van der Waals surface area contributed by atoms with Crippen molar-refractivity contribution in [3.63, 3.8) is 0 Å². The van der Waals surface area contributed by atoms with Crippen LogP contribution in [-0.2, 0) is 0 Å². The lowest BCUT2D eigenvalue weighted by atomic mass is 9.98. The highest BCUT2D eigenvalue weighted by molar-refractivity contribution is 9.10. The molecule has 2 aromatic heterocycles. The zero-order valence-electron chi connectivity index (χ0n) is 16.8. The summed E-state index contributed by atoms with van der Waals surface area (Å²) in [5.74, 6) is 1.94. The number of rotatable bonds is 2. The molecule has 0 spiro atoms. The lowest BCUT2D eigenvalue weighted by Crippen LogP contribution is -2.34. The molecule has 1 aliphatic rings. The number of aromatic nitrogens is 3. The van der Waals surface area contributed by atoms with Crippen LogP contribution in [0.25, 0.3) is 16.7 Å². The van der Waals surface area contributed by atoms with Gasteiger partial charge in [-0.25, -0.2) is 9.97 Å². The molecule has 144 valence electrons. The van der Waals surface area contributed by atoms with Crippen molar-refractivity contribution in [2.45, 2.75) is 40.5 Å². The van der Waals surface area contributed by atoms with Crippen LogP contribution in [-0.4, -0.2) is 27.6 Å². The van der Waals surface area contributed by atoms with Crippen LogP contribution in [0.4, 0.5) is 5.82 Å². The fourth-order valence-electron chi connectivity index (χ4n) is 4.29. The van der Waals surface area contributed by atoms with Crippen molar-refractivity contribution in [3.8, 4) is 11.8 Å². The van der Waals surface area contributed by atoms with E-state index in [1.165, 1.54) is 22.4 Å². The Morgan fingerprint density at radius 3 is 2.29 bits per heavy atom. The number of piperidine rings is 1. The molecule has 1 aromatic carbocycles. The fraction of sp³-hybridized carbons (Fsp3) is 0.409. The van der Waals surface area contributed by atoms with Gasteiger partial charge in [-0.1, -0.05) is 15.9 Å². The van der Waals surface area contributed by atoms with Gasteiger partial charge in [0.1, 0.15) is 11.6 Å². The summed E-state index contributed by atoms with van der Waals surface area (Å²) in [5.41, 5.74) is 5.71. The first-order valence-electron chi connectivity index (χ1n) is 9.67. The van der Waals surface area contributed by atoms with Gasteiger partial charge in [0.15, 0.2) is 5.65 Å². The van der Waals surface area contributed by atoms with Crippen LogP contribution in [0.2, 0.25) is 0 Å². The highest BCUT2D eigenvalue weighted by Crippen LogP contribution is 2.34. The number of halogens is 1. The highest BCUT2D eigenvalue weighted by atomic mass is 79.9. The maximum Gasteiger partial charge on any atom is 0.150 e. The van der Waals surface area contributed by atoms with E-state index < -0.39 is 0 Å². The quantitative estimate of drug-likeness (QED) is 0.555. The van der Waals surface area contributed by atoms with E-state index in [0.29, 0.717) is 0 Å². The first-order valence-corrected chi connectivity index (χ1v) is 10.5. The van der Waals surface area contributed by atoms with Crippen LogP contribution in [0.1, 0.15) is 35.4 Å². The SMILES string of the molecule is Cc1nc(N2CCC(C#N)CC2)c2c(C)cn(-c3c(C)cc(Br)cc3C)c2n1. The van der Waals surface area contributed by atoms with Crippen molar-refractivity contribution in [3.05, 3.63) is 45.3 Å². The van der Waals surface area contributed by atoms with Crippen molar-refractivity contribution in [2.24, 2.45) is 5.92 Å². The van der Waals surface area contributed by atoms with Crippen LogP contribution in [0, 0.1) is 44.9 Å². The van der Waals surface area contributed by atoms with Crippen LogP contribution in [0.5, 0.6) is 0 Å². The molecule has 0 bridgehead atoms. The second-order valence-corrected chi connectivity index (χ2v) is 8.67. The number of hydrogen-bond acceptors (Lipinski definition) is 4. The lowest BCUT2D eigenvalue weighted by molar-refractivity contribution is 0.485. The summed E-state index contributed by atoms with van der Waals surface area (Å²) in [6, 6.07) is 6.70. The van der Waals surface area contributed by atoms with Crippen molar-refractivity contribution in [1.29, 1.82) is 5.26 Å². The number of nitrogens with zero attached hydrogens (tertiary/aromatic N) is 5. The zero-order chi connectivity index (χ0) is 20.0. The van der Waals surface area contributed by atoms with E-state index in [2.05, 4.69) is 70.6 Å². The fourth-order valence-corrected chi connectivity index (χ4v) is 4.98. The molecular weight excluding hydrogens is 414 g/mol. The second kappa shape index (κ2) is 7.21. The monoisotopic (exact) mass is 437 g/mol. The van der Waals surface area contributed by atoms with E-state index in [4.69, 9.17) is 9.97 Å². The Hall–Kier alpha value is -2.39. The molecule has 1 saturated heterocycles. The predicted molar refractivity (Wildman–Crippen MR) is 116 cm³/mol. The number of nitriles is 1. The lowest BCUT2D eigenvalue weighted by Gasteiger charge is -2.30. The number of fused-ring (bicyclic) bond motifs is 1. The number of benzene rings is 1. The molecular formula is C22H24BrN5. The molecule has 6 heteroatoms. The summed E-state index contributed by atoms with van der Waals surface area (Å²) in [6.07, 6.45) is 3.96. The van der Waals surface area contributed by atoms with E-state index in [9.17, 15) is 5.26 Å². The van der Waals surface area contributed by atoms with Gasteiger partial charge in [0.2, 0.25) is 0 Å². The van der Waals surface area contributed by atoms with E-state index >= 15 is 0 Å². The van der Waals surface area contributed by atoms with Crippen molar-refractivity contribution in [2.75, 3.05) is 18.0 Å². The topological polar surface area (TPSA) is 57.7 Å². The van der Waals surface area contributed by atoms with E-state index in [-0.39, 0.29) is 5.92 Å². The number of anilines is 1. The van der Waals surface area contributed by atoms with Gasteiger partial charge in [-0.2, -0.15) is 5.26 Å². The molecule has 1 aliphatic heterocycles. The van der Waals surface area contributed by atoms with Gasteiger partial charge in [0, 0.05) is 29.7 Å². The average Bonchev–Trinajstić information content (AvgIpc) is 2.96. The Labute approximate surface area is 174 Å². The summed E-state index contributed by atoms with van der Waals surface area (Å²) in [7, 11) is 0. The third-order valence-electron chi connectivity index (χ3n) is 5.60. The Morgan fingerprint density at radius 2 is 1.68 bits per heavy atom. The summed E-state index contributed by atoms with van der Waals surface area (Å²) in [4.78, 5) is 12.0. The molecule has 1 fully saturated rings. The van der Waals surface area contributed by atoms with Gasteiger partial charge < -0.3 is 9.47 Å². The van der Waals surface area contributed by atoms with Crippen molar-refractivity contribution >= 4 is 32.8 Å². The molecule has 4 rings (SSSR count). The van der Waals surface area contributed by atoms with Crippen LogP contribution in [0.3, 0.4) is 0 Å². The minimum atomic E-state index is 0.161. The van der Waals surface area contributed by atoms with Crippen molar-refractivity contribution in [1.82, 2.24) is 14.5 Å². The summed E-state index contributed by atoms with van der Waals surface area (Å²) in [6.45, 7) is 10.1. The van der Waals surface area contributed by atoms with Gasteiger partial charge in [-0.05, 0) is 69.4 Å². The number of aryl methyl sites for hydroxylation is 4. The normalized spacial score (nSPS) is 15.2. The second-order valence-electron chi connectivity index (χ2n) is 7.75. The Kier molecular flexibility index (Phi) is 4.88. The van der Waals surface area contributed by atoms with Crippen LogP contribution < -0.4 is 4.90 Å². The minimum Gasteiger partial charge on any atom is -0.356 e. The maximum atomic E-state index is 9.21. The molecule has 0 amide bonds. The minimum absolute atomic E-state index is 0.161. The van der Waals surface area contributed by atoms with Crippen molar-refractivity contribution < 1.29 is 0 Å². The Bertz CT molecular complexity index is 1080. The molecule has 0 unspecified atom stereocenters. The molecule has 28 heavy (non-hydrogen) atoms. The highest BCUT2D eigenvalue weighted by Gasteiger charge is 2.24. The standard InChI is InChI=1S/C22H24BrN5/c1-13-9-18(23)10-14(2)20(13)28-12-15(3)19-21(25-16(4)26-22(19)28)27-7-5-17(11-24)6-8-27/h9-10,12,17H,5-8H2,1-4H3. The first-order chi connectivity index (χ1) is 13.4. The first kappa shape index (κ1) is 18.9. The molecule has 0 radical (unpaired) electrons. The van der Waals surface area contributed by atoms with Crippen LogP contribution >= 0.6 is 15.9 Å². The van der Waals surface area contributed by atoms with Gasteiger partial charge >= 0.3 is 0 Å². The zero-order valence-corrected chi connectivity index (χ0v) is 18.3. The third-order valence-corrected chi connectivity index (χ3v) is 6.06. The van der Waals surface area contributed by atoms with E-state index in [0.717, 1.165) is 53.1 Å².